The van der Waals surface area contributed by atoms with Gasteiger partial charge in [0.15, 0.2) is 0 Å². The van der Waals surface area contributed by atoms with E-state index in [0.29, 0.717) is 23.7 Å². The minimum atomic E-state index is 0.431. The molecule has 2 rings (SSSR count). The molecule has 4 nitrogen and oxygen atoms in total. The minimum absolute atomic E-state index is 0.431. The van der Waals surface area contributed by atoms with Crippen LogP contribution in [0.4, 0.5) is 0 Å². The van der Waals surface area contributed by atoms with Crippen LogP contribution < -0.4 is 9.47 Å². The van der Waals surface area contributed by atoms with Gasteiger partial charge < -0.3 is 9.47 Å². The van der Waals surface area contributed by atoms with Crippen LogP contribution in [-0.2, 0) is 6.61 Å². The fourth-order valence-corrected chi connectivity index (χ4v) is 1.48. The molecule has 0 aliphatic rings. The third-order valence-electron chi connectivity index (χ3n) is 2.40. The summed E-state index contributed by atoms with van der Waals surface area (Å²) in [6, 6.07) is 10.9. The lowest BCUT2D eigenvalue weighted by Gasteiger charge is -2.08. The fraction of sp³-hybridized carbons (Fsp3) is 0.143. The Kier molecular flexibility index (Phi) is 3.77. The van der Waals surface area contributed by atoms with Gasteiger partial charge in [-0.1, -0.05) is 0 Å². The van der Waals surface area contributed by atoms with Crippen molar-refractivity contribution in [3.05, 3.63) is 53.9 Å². The van der Waals surface area contributed by atoms with Crippen LogP contribution in [0.25, 0.3) is 0 Å². The predicted octanol–water partition coefficient (Wildman–Crippen LogP) is 2.54. The Morgan fingerprint density at radius 3 is 2.56 bits per heavy atom. The van der Waals surface area contributed by atoms with Crippen LogP contribution in [0.2, 0.25) is 0 Å². The molecule has 0 bridgehead atoms. The van der Waals surface area contributed by atoms with Crippen molar-refractivity contribution in [3.8, 4) is 17.6 Å². The molecule has 0 unspecified atom stereocenters. The maximum Gasteiger partial charge on any atom is 0.124 e. The molecule has 4 heteroatoms. The Balaban J connectivity index is 2.12. The van der Waals surface area contributed by atoms with Crippen molar-refractivity contribution in [1.82, 2.24) is 4.98 Å². The van der Waals surface area contributed by atoms with E-state index in [2.05, 4.69) is 11.1 Å². The highest BCUT2D eigenvalue weighted by molar-refractivity contribution is 5.43. The quantitative estimate of drug-likeness (QED) is 0.824. The number of aromatic nitrogens is 1. The van der Waals surface area contributed by atoms with E-state index in [1.54, 1.807) is 37.7 Å². The van der Waals surface area contributed by atoms with Crippen LogP contribution in [-0.4, -0.2) is 12.1 Å². The van der Waals surface area contributed by atoms with E-state index in [-0.39, 0.29) is 0 Å². The number of pyridine rings is 1. The van der Waals surface area contributed by atoms with Crippen LogP contribution in [0.1, 0.15) is 11.1 Å². The fourth-order valence-electron chi connectivity index (χ4n) is 1.48. The molecule has 2 aromatic rings. The zero-order valence-corrected chi connectivity index (χ0v) is 9.96. The number of hydrogen-bond acceptors (Lipinski definition) is 4. The van der Waals surface area contributed by atoms with Crippen molar-refractivity contribution in [2.75, 3.05) is 7.11 Å². The number of methoxy groups -OCH3 is 1. The first kappa shape index (κ1) is 11.9. The van der Waals surface area contributed by atoms with E-state index in [0.717, 1.165) is 5.56 Å². The number of nitriles is 1. The summed E-state index contributed by atoms with van der Waals surface area (Å²) in [6.45, 7) is 0.431. The van der Waals surface area contributed by atoms with Crippen molar-refractivity contribution in [1.29, 1.82) is 5.26 Å². The Hall–Kier alpha value is -2.54. The molecule has 0 radical (unpaired) electrons. The molecule has 0 spiro atoms. The molecule has 0 aliphatic carbocycles. The van der Waals surface area contributed by atoms with Gasteiger partial charge in [0.25, 0.3) is 0 Å². The SMILES string of the molecule is COc1cc(C#N)cc(OCc2ccncc2)c1. The van der Waals surface area contributed by atoms with Gasteiger partial charge in [0, 0.05) is 18.5 Å². The molecule has 0 aliphatic heterocycles. The van der Waals surface area contributed by atoms with E-state index in [1.165, 1.54) is 0 Å². The molecule has 1 heterocycles. The van der Waals surface area contributed by atoms with Gasteiger partial charge in [-0.2, -0.15) is 5.26 Å². The van der Waals surface area contributed by atoms with E-state index >= 15 is 0 Å². The standard InChI is InChI=1S/C14H12N2O2/c1-17-13-6-12(9-15)7-14(8-13)18-10-11-2-4-16-5-3-11/h2-8H,10H2,1H3. The smallest absolute Gasteiger partial charge is 0.124 e. The summed E-state index contributed by atoms with van der Waals surface area (Å²) in [5.41, 5.74) is 1.53. The van der Waals surface area contributed by atoms with Crippen molar-refractivity contribution < 1.29 is 9.47 Å². The Morgan fingerprint density at radius 2 is 1.89 bits per heavy atom. The topological polar surface area (TPSA) is 55.1 Å². The number of benzene rings is 1. The number of rotatable bonds is 4. The normalized spacial score (nSPS) is 9.56. The number of nitrogens with zero attached hydrogens (tertiary/aromatic N) is 2. The van der Waals surface area contributed by atoms with Gasteiger partial charge in [-0.05, 0) is 29.8 Å². The second kappa shape index (κ2) is 5.69. The average Bonchev–Trinajstić information content (AvgIpc) is 2.45. The van der Waals surface area contributed by atoms with Crippen molar-refractivity contribution >= 4 is 0 Å². The van der Waals surface area contributed by atoms with E-state index < -0.39 is 0 Å². The van der Waals surface area contributed by atoms with Crippen LogP contribution >= 0.6 is 0 Å². The molecular weight excluding hydrogens is 228 g/mol. The molecule has 0 amide bonds. The molecule has 1 aromatic carbocycles. The number of hydrogen-bond donors (Lipinski definition) is 0. The second-order valence-corrected chi connectivity index (χ2v) is 3.65. The molecule has 18 heavy (non-hydrogen) atoms. The van der Waals surface area contributed by atoms with Gasteiger partial charge in [-0.25, -0.2) is 0 Å². The molecule has 0 atom stereocenters. The van der Waals surface area contributed by atoms with Crippen LogP contribution in [0.15, 0.2) is 42.7 Å². The molecule has 0 saturated heterocycles. The monoisotopic (exact) mass is 240 g/mol. The van der Waals surface area contributed by atoms with Gasteiger partial charge >= 0.3 is 0 Å². The van der Waals surface area contributed by atoms with Gasteiger partial charge in [0.2, 0.25) is 0 Å². The lowest BCUT2D eigenvalue weighted by Crippen LogP contribution is -1.96. The maximum atomic E-state index is 8.90. The Labute approximate surface area is 105 Å². The first-order valence-corrected chi connectivity index (χ1v) is 5.42. The van der Waals surface area contributed by atoms with E-state index in [1.807, 2.05) is 12.1 Å². The van der Waals surface area contributed by atoms with E-state index in [4.69, 9.17) is 14.7 Å². The third kappa shape index (κ3) is 2.98. The van der Waals surface area contributed by atoms with Crippen molar-refractivity contribution in [3.63, 3.8) is 0 Å². The van der Waals surface area contributed by atoms with E-state index in [9.17, 15) is 0 Å². The lowest BCUT2D eigenvalue weighted by atomic mass is 10.2. The molecule has 1 aromatic heterocycles. The summed E-state index contributed by atoms with van der Waals surface area (Å²) in [6.07, 6.45) is 3.43. The second-order valence-electron chi connectivity index (χ2n) is 3.65. The maximum absolute atomic E-state index is 8.90. The summed E-state index contributed by atoms with van der Waals surface area (Å²) >= 11 is 0. The zero-order valence-electron chi connectivity index (χ0n) is 9.96. The molecule has 0 fully saturated rings. The summed E-state index contributed by atoms with van der Waals surface area (Å²) in [5, 5.41) is 8.90. The molecule has 0 N–H and O–H groups in total. The van der Waals surface area contributed by atoms with Crippen molar-refractivity contribution in [2.24, 2.45) is 0 Å². The van der Waals surface area contributed by atoms with Gasteiger partial charge in [0.1, 0.15) is 18.1 Å². The Morgan fingerprint density at radius 1 is 1.17 bits per heavy atom. The summed E-state index contributed by atoms with van der Waals surface area (Å²) in [4.78, 5) is 3.94. The molecule has 90 valence electrons. The van der Waals surface area contributed by atoms with Crippen LogP contribution in [0, 0.1) is 11.3 Å². The highest BCUT2D eigenvalue weighted by Gasteiger charge is 2.02. The van der Waals surface area contributed by atoms with Crippen LogP contribution in [0.3, 0.4) is 0 Å². The highest BCUT2D eigenvalue weighted by atomic mass is 16.5. The van der Waals surface area contributed by atoms with Crippen molar-refractivity contribution in [2.45, 2.75) is 6.61 Å². The number of ether oxygens (including phenoxy) is 2. The van der Waals surface area contributed by atoms with Crippen LogP contribution in [0.5, 0.6) is 11.5 Å². The first-order valence-electron chi connectivity index (χ1n) is 5.42. The van der Waals surface area contributed by atoms with Gasteiger partial charge in [0.05, 0.1) is 18.7 Å². The lowest BCUT2D eigenvalue weighted by molar-refractivity contribution is 0.303. The summed E-state index contributed by atoms with van der Waals surface area (Å²) in [5.74, 6) is 1.22. The summed E-state index contributed by atoms with van der Waals surface area (Å²) < 4.78 is 10.7. The highest BCUT2D eigenvalue weighted by Crippen LogP contribution is 2.23. The molecule has 0 saturated carbocycles. The average molecular weight is 240 g/mol. The van der Waals surface area contributed by atoms with Gasteiger partial charge in [-0.15, -0.1) is 0 Å². The predicted molar refractivity (Wildman–Crippen MR) is 66.3 cm³/mol. The zero-order chi connectivity index (χ0) is 12.8. The largest absolute Gasteiger partial charge is 0.497 e. The summed E-state index contributed by atoms with van der Waals surface area (Å²) in [7, 11) is 1.56. The Bertz CT molecular complexity index is 562. The minimum Gasteiger partial charge on any atom is -0.497 e. The third-order valence-corrected chi connectivity index (χ3v) is 2.40. The molecular formula is C14H12N2O2. The first-order chi connectivity index (χ1) is 8.81. The van der Waals surface area contributed by atoms with Gasteiger partial charge in [-0.3, -0.25) is 4.98 Å².